The van der Waals surface area contributed by atoms with Gasteiger partial charge < -0.3 is 15.2 Å². The molecule has 8 nitrogen and oxygen atoms in total. The molecule has 1 fully saturated rings. The number of rotatable bonds is 3. The third-order valence-corrected chi connectivity index (χ3v) is 7.03. The highest BCUT2D eigenvalue weighted by molar-refractivity contribution is 5.80. The maximum Gasteiger partial charge on any atom is 0.317 e. The Morgan fingerprint density at radius 1 is 1.21 bits per heavy atom. The largest absolute Gasteiger partial charge is 0.346 e. The number of H-pyrrole nitrogens is 1. The fourth-order valence-corrected chi connectivity index (χ4v) is 5.17. The van der Waals surface area contributed by atoms with Crippen LogP contribution in [0.2, 0.25) is 0 Å². The molecule has 9 heteroatoms. The van der Waals surface area contributed by atoms with Gasteiger partial charge in [0.15, 0.2) is 0 Å². The van der Waals surface area contributed by atoms with Gasteiger partial charge in [-0.2, -0.15) is 5.10 Å². The van der Waals surface area contributed by atoms with Crippen molar-refractivity contribution < 1.29 is 9.18 Å². The molecule has 0 radical (unpaired) electrons. The number of hydrogen-bond acceptors (Lipinski definition) is 4. The lowest BCUT2D eigenvalue weighted by atomic mass is 9.82. The average molecular weight is 446 g/mol. The maximum absolute atomic E-state index is 13.5. The monoisotopic (exact) mass is 445 g/mol. The number of pyridine rings is 2. The fraction of sp³-hybridized carbons (Fsp3) is 0.333. The summed E-state index contributed by atoms with van der Waals surface area (Å²) < 4.78 is 15.6. The molecule has 6 heterocycles. The van der Waals surface area contributed by atoms with Crippen LogP contribution in [0.25, 0.3) is 22.3 Å². The van der Waals surface area contributed by atoms with Crippen molar-refractivity contribution in [3.05, 3.63) is 66.1 Å². The van der Waals surface area contributed by atoms with Crippen LogP contribution in [0.3, 0.4) is 0 Å². The van der Waals surface area contributed by atoms with Gasteiger partial charge in [0.1, 0.15) is 11.5 Å². The molecule has 2 unspecified atom stereocenters. The summed E-state index contributed by atoms with van der Waals surface area (Å²) in [6.45, 7) is 4.01. The Kier molecular flexibility index (Phi) is 4.46. The lowest BCUT2D eigenvalue weighted by Gasteiger charge is -2.25. The summed E-state index contributed by atoms with van der Waals surface area (Å²) in [7, 11) is 0. The van der Waals surface area contributed by atoms with Crippen molar-refractivity contribution >= 4 is 17.1 Å². The number of halogens is 1. The van der Waals surface area contributed by atoms with E-state index >= 15 is 0 Å². The Labute approximate surface area is 189 Å². The average Bonchev–Trinajstić information content (AvgIpc) is 3.59. The number of carbonyl (C=O) groups is 1. The molecular weight excluding hydrogens is 421 g/mol. The zero-order valence-corrected chi connectivity index (χ0v) is 18.3. The van der Waals surface area contributed by atoms with Gasteiger partial charge in [0.05, 0.1) is 17.9 Å². The molecule has 168 valence electrons. The second-order valence-electron chi connectivity index (χ2n) is 9.09. The first-order chi connectivity index (χ1) is 16.0. The highest BCUT2D eigenvalue weighted by Gasteiger charge is 2.47. The van der Waals surface area contributed by atoms with Crippen LogP contribution in [-0.2, 0) is 12.0 Å². The summed E-state index contributed by atoms with van der Waals surface area (Å²) in [5.74, 6) is -0.408. The van der Waals surface area contributed by atoms with E-state index in [0.717, 1.165) is 47.9 Å². The smallest absolute Gasteiger partial charge is 0.317 e. The van der Waals surface area contributed by atoms with Crippen LogP contribution in [0.15, 0.2) is 49.1 Å². The van der Waals surface area contributed by atoms with E-state index in [0.29, 0.717) is 18.7 Å². The van der Waals surface area contributed by atoms with E-state index in [9.17, 15) is 9.18 Å². The first-order valence-electron chi connectivity index (χ1n) is 11.2. The van der Waals surface area contributed by atoms with Crippen LogP contribution < -0.4 is 5.32 Å². The van der Waals surface area contributed by atoms with E-state index in [1.165, 1.54) is 11.8 Å². The third kappa shape index (κ3) is 3.35. The molecule has 2 aliphatic heterocycles. The van der Waals surface area contributed by atoms with Gasteiger partial charge in [-0.15, -0.1) is 0 Å². The van der Waals surface area contributed by atoms with Crippen molar-refractivity contribution in [1.82, 2.24) is 34.9 Å². The number of amides is 2. The van der Waals surface area contributed by atoms with Crippen molar-refractivity contribution in [2.75, 3.05) is 13.1 Å². The molecule has 2 N–H and O–H groups in total. The first kappa shape index (κ1) is 19.9. The molecule has 2 aliphatic rings. The SMILES string of the molecule is CC(NC(=O)N1CCC2(CCn3nc(-c4cnc5[nH]ccc5c4)cc32)C1)c1cncc(F)c1. The summed E-state index contributed by atoms with van der Waals surface area (Å²) >= 11 is 0. The van der Waals surface area contributed by atoms with Gasteiger partial charge in [0.25, 0.3) is 0 Å². The quantitative estimate of drug-likeness (QED) is 0.502. The lowest BCUT2D eigenvalue weighted by molar-refractivity contribution is 0.202. The highest BCUT2D eigenvalue weighted by Crippen LogP contribution is 2.43. The number of aryl methyl sites for hydroxylation is 1. The van der Waals surface area contributed by atoms with Crippen LogP contribution in [0.1, 0.15) is 37.1 Å². The van der Waals surface area contributed by atoms with E-state index in [1.807, 2.05) is 30.3 Å². The van der Waals surface area contributed by atoms with Gasteiger partial charge in [-0.1, -0.05) is 0 Å². The normalized spacial score (nSPS) is 20.5. The predicted molar refractivity (Wildman–Crippen MR) is 121 cm³/mol. The van der Waals surface area contributed by atoms with Crippen molar-refractivity contribution in [2.45, 2.75) is 37.8 Å². The zero-order chi connectivity index (χ0) is 22.6. The second kappa shape index (κ2) is 7.40. The van der Waals surface area contributed by atoms with Crippen LogP contribution in [0.4, 0.5) is 9.18 Å². The molecule has 2 atom stereocenters. The lowest BCUT2D eigenvalue weighted by Crippen LogP contribution is -2.41. The molecule has 1 saturated heterocycles. The molecule has 2 amide bonds. The van der Waals surface area contributed by atoms with E-state index in [-0.39, 0.29) is 17.5 Å². The molecule has 0 aliphatic carbocycles. The van der Waals surface area contributed by atoms with Crippen LogP contribution in [0, 0.1) is 5.82 Å². The van der Waals surface area contributed by atoms with Crippen LogP contribution >= 0.6 is 0 Å². The number of fused-ring (bicyclic) bond motifs is 3. The van der Waals surface area contributed by atoms with E-state index in [4.69, 9.17) is 5.10 Å². The standard InChI is InChI=1S/C24H24FN7O/c1-15(17-9-19(25)13-26-11-17)29-23(33)31-6-3-24(14-31)4-7-32-21(24)10-20(30-32)18-8-16-2-5-27-22(16)28-12-18/h2,5,8-13,15H,3-4,6-7,14H2,1H3,(H,27,28)(H,29,33). The summed E-state index contributed by atoms with van der Waals surface area (Å²) in [5, 5.41) is 8.89. The number of nitrogens with one attached hydrogen (secondary N) is 2. The summed E-state index contributed by atoms with van der Waals surface area (Å²) in [6, 6.07) is 7.20. The van der Waals surface area contributed by atoms with Gasteiger partial charge in [-0.3, -0.25) is 9.67 Å². The van der Waals surface area contributed by atoms with Crippen molar-refractivity contribution in [1.29, 1.82) is 0 Å². The molecule has 33 heavy (non-hydrogen) atoms. The van der Waals surface area contributed by atoms with Gasteiger partial charge in [-0.25, -0.2) is 14.2 Å². The van der Waals surface area contributed by atoms with Gasteiger partial charge in [0.2, 0.25) is 0 Å². The predicted octanol–water partition coefficient (Wildman–Crippen LogP) is 3.78. The van der Waals surface area contributed by atoms with Crippen LogP contribution in [0.5, 0.6) is 0 Å². The molecule has 0 saturated carbocycles. The molecule has 6 rings (SSSR count). The van der Waals surface area contributed by atoms with Crippen molar-refractivity contribution in [3.8, 4) is 11.3 Å². The minimum Gasteiger partial charge on any atom is -0.346 e. The highest BCUT2D eigenvalue weighted by atomic mass is 19.1. The van der Waals surface area contributed by atoms with Gasteiger partial charge in [-0.05, 0) is 49.6 Å². The Morgan fingerprint density at radius 2 is 2.09 bits per heavy atom. The maximum atomic E-state index is 13.5. The number of aromatic amines is 1. The third-order valence-electron chi connectivity index (χ3n) is 7.03. The fourth-order valence-electron chi connectivity index (χ4n) is 5.17. The minimum absolute atomic E-state index is 0.0855. The summed E-state index contributed by atoms with van der Waals surface area (Å²) in [4.78, 5) is 26.3. The van der Waals surface area contributed by atoms with Crippen molar-refractivity contribution in [2.24, 2.45) is 0 Å². The number of aromatic nitrogens is 5. The Balaban J connectivity index is 1.20. The number of likely N-dealkylation sites (tertiary alicyclic amines) is 1. The number of nitrogens with zero attached hydrogens (tertiary/aromatic N) is 5. The number of carbonyl (C=O) groups excluding carboxylic acids is 1. The zero-order valence-electron chi connectivity index (χ0n) is 18.3. The van der Waals surface area contributed by atoms with E-state index < -0.39 is 5.82 Å². The summed E-state index contributed by atoms with van der Waals surface area (Å²) in [6.07, 6.45) is 8.34. The number of urea groups is 1. The van der Waals surface area contributed by atoms with E-state index in [1.54, 1.807) is 6.20 Å². The Hall–Kier alpha value is -3.75. The molecular formula is C24H24FN7O. The number of hydrogen-bond donors (Lipinski definition) is 2. The molecule has 4 aromatic rings. The topological polar surface area (TPSA) is 91.7 Å². The second-order valence-corrected chi connectivity index (χ2v) is 9.09. The molecule has 1 spiro atoms. The van der Waals surface area contributed by atoms with Gasteiger partial charge in [0, 0.05) is 60.3 Å². The Bertz CT molecular complexity index is 1360. The van der Waals surface area contributed by atoms with Crippen molar-refractivity contribution in [3.63, 3.8) is 0 Å². The van der Waals surface area contributed by atoms with E-state index in [2.05, 4.69) is 37.1 Å². The Morgan fingerprint density at radius 3 is 2.97 bits per heavy atom. The first-order valence-corrected chi connectivity index (χ1v) is 11.2. The van der Waals surface area contributed by atoms with Crippen LogP contribution in [-0.4, -0.2) is 48.8 Å². The molecule has 4 aromatic heterocycles. The molecule has 0 aromatic carbocycles. The molecule has 0 bridgehead atoms. The summed E-state index contributed by atoms with van der Waals surface area (Å²) in [5.41, 5.74) is 4.51. The minimum atomic E-state index is -0.408. The van der Waals surface area contributed by atoms with Gasteiger partial charge >= 0.3 is 6.03 Å².